The highest BCUT2D eigenvalue weighted by molar-refractivity contribution is 6.28. The smallest absolute Gasteiger partial charge is 0.322 e. The van der Waals surface area contributed by atoms with E-state index in [1.54, 1.807) is 4.90 Å². The average Bonchev–Trinajstić information content (AvgIpc) is 2.31. The molecule has 0 amide bonds. The molecule has 0 unspecified atom stereocenters. The maximum absolute atomic E-state index is 5.86. The third kappa shape index (κ3) is 3.43. The molecule has 1 aromatic rings. The van der Waals surface area contributed by atoms with E-state index >= 15 is 0 Å². The van der Waals surface area contributed by atoms with Gasteiger partial charge in [0, 0.05) is 27.2 Å². The highest BCUT2D eigenvalue weighted by atomic mass is 35.5. The number of likely N-dealkylation sites (tertiary alicyclic amines) is 1. The van der Waals surface area contributed by atoms with Crippen LogP contribution in [0.1, 0.15) is 12.8 Å². The predicted octanol–water partition coefficient (Wildman–Crippen LogP) is 1.06. The summed E-state index contributed by atoms with van der Waals surface area (Å²) in [5.74, 6) is 0.512. The van der Waals surface area contributed by atoms with Gasteiger partial charge in [0.15, 0.2) is 0 Å². The fraction of sp³-hybridized carbons (Fsp3) is 0.727. The molecule has 1 saturated heterocycles. The van der Waals surface area contributed by atoms with E-state index in [1.165, 1.54) is 0 Å². The summed E-state index contributed by atoms with van der Waals surface area (Å²) >= 11 is 5.86. The molecule has 6 nitrogen and oxygen atoms in total. The Morgan fingerprint density at radius 3 is 2.50 bits per heavy atom. The second-order valence-corrected chi connectivity index (χ2v) is 5.04. The van der Waals surface area contributed by atoms with Crippen LogP contribution in [0.4, 0.5) is 5.95 Å². The summed E-state index contributed by atoms with van der Waals surface area (Å²) in [6.45, 7) is 2.06. The van der Waals surface area contributed by atoms with Gasteiger partial charge in [-0.3, -0.25) is 0 Å². The minimum atomic E-state index is 0.162. The van der Waals surface area contributed by atoms with Crippen molar-refractivity contribution in [2.75, 3.05) is 39.1 Å². The molecule has 18 heavy (non-hydrogen) atoms. The zero-order valence-corrected chi connectivity index (χ0v) is 11.7. The molecule has 0 bridgehead atoms. The van der Waals surface area contributed by atoms with Crippen LogP contribution in [-0.2, 0) is 0 Å². The largest absolute Gasteiger partial charge is 0.460 e. The number of hydrogen-bond donors (Lipinski definition) is 0. The number of piperidine rings is 1. The van der Waals surface area contributed by atoms with Gasteiger partial charge >= 0.3 is 6.01 Å². The van der Waals surface area contributed by atoms with Crippen molar-refractivity contribution < 1.29 is 4.74 Å². The first-order valence-corrected chi connectivity index (χ1v) is 6.36. The molecule has 0 saturated carbocycles. The molecule has 0 atom stereocenters. The van der Waals surface area contributed by atoms with Crippen molar-refractivity contribution in [1.29, 1.82) is 0 Å². The van der Waals surface area contributed by atoms with Gasteiger partial charge in [0.2, 0.25) is 11.2 Å². The van der Waals surface area contributed by atoms with Crippen molar-refractivity contribution in [3.8, 4) is 6.01 Å². The first kappa shape index (κ1) is 13.3. The Hall–Kier alpha value is -1.14. The second-order valence-electron chi connectivity index (χ2n) is 4.70. The van der Waals surface area contributed by atoms with Crippen LogP contribution in [0.15, 0.2) is 0 Å². The number of rotatable bonds is 3. The molecule has 0 radical (unpaired) electrons. The van der Waals surface area contributed by atoms with Crippen LogP contribution in [0.3, 0.4) is 0 Å². The van der Waals surface area contributed by atoms with Crippen molar-refractivity contribution in [2.45, 2.75) is 18.9 Å². The summed E-state index contributed by atoms with van der Waals surface area (Å²) in [5.41, 5.74) is 0. The van der Waals surface area contributed by atoms with Gasteiger partial charge in [-0.05, 0) is 31.5 Å². The van der Waals surface area contributed by atoms with E-state index in [1.807, 2.05) is 14.1 Å². The lowest BCUT2D eigenvalue weighted by atomic mass is 10.1. The molecule has 7 heteroatoms. The zero-order chi connectivity index (χ0) is 13.1. The second kappa shape index (κ2) is 5.67. The number of nitrogens with zero attached hydrogens (tertiary/aromatic N) is 5. The van der Waals surface area contributed by atoms with E-state index in [0.29, 0.717) is 12.0 Å². The van der Waals surface area contributed by atoms with Gasteiger partial charge in [-0.2, -0.15) is 15.0 Å². The fourth-order valence-corrected chi connectivity index (χ4v) is 1.97. The zero-order valence-electron chi connectivity index (χ0n) is 10.9. The maximum atomic E-state index is 5.86. The summed E-state index contributed by atoms with van der Waals surface area (Å²) < 4.78 is 5.78. The number of hydrogen-bond acceptors (Lipinski definition) is 6. The normalized spacial score (nSPS) is 17.8. The molecular formula is C11H18ClN5O. The van der Waals surface area contributed by atoms with Gasteiger partial charge in [-0.25, -0.2) is 0 Å². The Bertz CT molecular complexity index is 406. The van der Waals surface area contributed by atoms with Gasteiger partial charge in [-0.15, -0.1) is 0 Å². The van der Waals surface area contributed by atoms with E-state index in [2.05, 4.69) is 26.9 Å². The quantitative estimate of drug-likeness (QED) is 0.820. The van der Waals surface area contributed by atoms with Gasteiger partial charge < -0.3 is 14.5 Å². The molecule has 1 aliphatic heterocycles. The molecule has 0 aliphatic carbocycles. The molecule has 0 N–H and O–H groups in total. The Labute approximate surface area is 112 Å². The molecule has 1 aromatic heterocycles. The molecule has 2 rings (SSSR count). The van der Waals surface area contributed by atoms with E-state index < -0.39 is 0 Å². The monoisotopic (exact) mass is 271 g/mol. The summed E-state index contributed by atoms with van der Waals surface area (Å²) in [4.78, 5) is 16.3. The Balaban J connectivity index is 2.04. The summed E-state index contributed by atoms with van der Waals surface area (Å²) in [6, 6.07) is 0.313. The van der Waals surface area contributed by atoms with Crippen molar-refractivity contribution in [2.24, 2.45) is 0 Å². The van der Waals surface area contributed by atoms with Crippen molar-refractivity contribution in [1.82, 2.24) is 19.9 Å². The first-order chi connectivity index (χ1) is 8.54. The van der Waals surface area contributed by atoms with Crippen LogP contribution in [0.25, 0.3) is 0 Å². The van der Waals surface area contributed by atoms with E-state index in [4.69, 9.17) is 16.3 Å². The van der Waals surface area contributed by atoms with Crippen LogP contribution >= 0.6 is 11.6 Å². The summed E-state index contributed by atoms with van der Waals surface area (Å²) in [6.07, 6.45) is 2.13. The van der Waals surface area contributed by atoms with Crippen molar-refractivity contribution in [3.63, 3.8) is 0 Å². The maximum Gasteiger partial charge on any atom is 0.322 e. The Morgan fingerprint density at radius 2 is 1.89 bits per heavy atom. The Morgan fingerprint density at radius 1 is 1.22 bits per heavy atom. The predicted molar refractivity (Wildman–Crippen MR) is 70.3 cm³/mol. The van der Waals surface area contributed by atoms with Gasteiger partial charge in [0.1, 0.15) is 6.10 Å². The SMILES string of the molecule is CN1CCC(Oc2nc(Cl)nc(N(C)C)n2)CC1. The average molecular weight is 272 g/mol. The van der Waals surface area contributed by atoms with Crippen LogP contribution in [0, 0.1) is 0 Å². The number of anilines is 1. The van der Waals surface area contributed by atoms with Crippen LogP contribution in [-0.4, -0.2) is 60.2 Å². The van der Waals surface area contributed by atoms with Crippen LogP contribution in [0.2, 0.25) is 5.28 Å². The lowest BCUT2D eigenvalue weighted by molar-refractivity contribution is 0.105. The Kier molecular flexibility index (Phi) is 4.19. The lowest BCUT2D eigenvalue weighted by Crippen LogP contribution is -2.36. The van der Waals surface area contributed by atoms with Crippen LogP contribution in [0.5, 0.6) is 6.01 Å². The molecular weight excluding hydrogens is 254 g/mol. The molecule has 1 fully saturated rings. The standard InChI is InChI=1S/C11H18ClN5O/c1-16(2)10-13-9(12)14-11(15-10)18-8-4-6-17(3)7-5-8/h8H,4-7H2,1-3H3. The van der Waals surface area contributed by atoms with Gasteiger partial charge in [-0.1, -0.05) is 0 Å². The number of ether oxygens (including phenoxy) is 1. The molecule has 0 aromatic carbocycles. The van der Waals surface area contributed by atoms with E-state index in [9.17, 15) is 0 Å². The first-order valence-electron chi connectivity index (χ1n) is 5.98. The fourth-order valence-electron chi connectivity index (χ4n) is 1.83. The highest BCUT2D eigenvalue weighted by Gasteiger charge is 2.20. The summed E-state index contributed by atoms with van der Waals surface area (Å²) in [5, 5.41) is 0.164. The van der Waals surface area contributed by atoms with Gasteiger partial charge in [0.25, 0.3) is 0 Å². The molecule has 2 heterocycles. The van der Waals surface area contributed by atoms with Crippen LogP contribution < -0.4 is 9.64 Å². The van der Waals surface area contributed by atoms with Crippen molar-refractivity contribution >= 4 is 17.5 Å². The minimum absolute atomic E-state index is 0.162. The third-order valence-electron chi connectivity index (χ3n) is 2.91. The van der Waals surface area contributed by atoms with E-state index in [0.717, 1.165) is 25.9 Å². The number of halogens is 1. The van der Waals surface area contributed by atoms with Crippen molar-refractivity contribution in [3.05, 3.63) is 5.28 Å². The lowest BCUT2D eigenvalue weighted by Gasteiger charge is -2.28. The molecule has 0 spiro atoms. The van der Waals surface area contributed by atoms with E-state index in [-0.39, 0.29) is 11.4 Å². The third-order valence-corrected chi connectivity index (χ3v) is 3.08. The summed E-state index contributed by atoms with van der Waals surface area (Å²) in [7, 11) is 5.82. The minimum Gasteiger partial charge on any atom is -0.460 e. The highest BCUT2D eigenvalue weighted by Crippen LogP contribution is 2.18. The number of aromatic nitrogens is 3. The van der Waals surface area contributed by atoms with Gasteiger partial charge in [0.05, 0.1) is 0 Å². The molecule has 100 valence electrons. The molecule has 1 aliphatic rings. The topological polar surface area (TPSA) is 54.4 Å².